The molecule has 0 spiro atoms. The minimum absolute atomic E-state index is 0.200. The molecule has 1 aliphatic carbocycles. The van der Waals surface area contributed by atoms with Crippen LogP contribution in [0, 0.1) is 5.92 Å². The van der Waals surface area contributed by atoms with Gasteiger partial charge in [0.1, 0.15) is 0 Å². The summed E-state index contributed by atoms with van der Waals surface area (Å²) in [4.78, 5) is 14.6. The fourth-order valence-corrected chi connectivity index (χ4v) is 2.99. The van der Waals surface area contributed by atoms with Crippen molar-refractivity contribution in [3.8, 4) is 0 Å². The highest BCUT2D eigenvalue weighted by Crippen LogP contribution is 2.30. The second-order valence-corrected chi connectivity index (χ2v) is 6.34. The van der Waals surface area contributed by atoms with Crippen molar-refractivity contribution in [3.63, 3.8) is 0 Å². The van der Waals surface area contributed by atoms with Crippen LogP contribution in [0.5, 0.6) is 0 Å². The number of carbonyl (C=O) groups excluding carboxylic acids is 1. The minimum Gasteiger partial charge on any atom is -0.378 e. The third-order valence-corrected chi connectivity index (χ3v) is 4.51. The number of benzene rings is 1. The summed E-state index contributed by atoms with van der Waals surface area (Å²) in [6, 6.07) is 9.31. The van der Waals surface area contributed by atoms with Crippen LogP contribution in [-0.4, -0.2) is 41.6 Å². The van der Waals surface area contributed by atoms with E-state index in [2.05, 4.69) is 10.2 Å². The highest BCUT2D eigenvalue weighted by Gasteiger charge is 2.28. The van der Waals surface area contributed by atoms with Crippen molar-refractivity contribution in [1.82, 2.24) is 10.2 Å². The van der Waals surface area contributed by atoms with Crippen LogP contribution in [-0.2, 0) is 4.79 Å². The Kier molecular flexibility index (Phi) is 4.56. The van der Waals surface area contributed by atoms with Crippen LogP contribution in [0.4, 0.5) is 0 Å². The maximum atomic E-state index is 12.1. The van der Waals surface area contributed by atoms with Crippen LogP contribution in [0.15, 0.2) is 30.3 Å². The van der Waals surface area contributed by atoms with Gasteiger partial charge in [-0.25, -0.2) is 0 Å². The van der Waals surface area contributed by atoms with Gasteiger partial charge in [-0.15, -0.1) is 0 Å². The molecule has 1 heterocycles. The van der Waals surface area contributed by atoms with Crippen LogP contribution in [0.1, 0.15) is 37.4 Å². The number of hydrogen-bond acceptors (Lipinski definition) is 3. The Morgan fingerprint density at radius 3 is 2.48 bits per heavy atom. The number of nitrogens with zero attached hydrogens (tertiary/aromatic N) is 1. The number of hydrogen-bond donors (Lipinski definition) is 2. The Morgan fingerprint density at radius 2 is 1.86 bits per heavy atom. The minimum atomic E-state index is -1.06. The summed E-state index contributed by atoms with van der Waals surface area (Å²) in [6.45, 7) is 3.35. The molecular formula is C17H24N2O2. The van der Waals surface area contributed by atoms with E-state index in [-0.39, 0.29) is 11.9 Å². The highest BCUT2D eigenvalue weighted by molar-refractivity contribution is 5.82. The van der Waals surface area contributed by atoms with E-state index in [4.69, 9.17) is 0 Å². The lowest BCUT2D eigenvalue weighted by molar-refractivity contribution is -0.130. The highest BCUT2D eigenvalue weighted by atomic mass is 16.3. The quantitative estimate of drug-likeness (QED) is 0.867. The summed E-state index contributed by atoms with van der Waals surface area (Å²) in [5, 5.41) is 13.1. The fraction of sp³-hybridized carbons (Fsp3) is 0.588. The Bertz CT molecular complexity index is 465. The third kappa shape index (κ3) is 4.05. The average molecular weight is 288 g/mol. The van der Waals surface area contributed by atoms with Crippen LogP contribution in [0.2, 0.25) is 0 Å². The predicted molar refractivity (Wildman–Crippen MR) is 81.7 cm³/mol. The number of nitrogens with one attached hydrogen (secondary N) is 1. The molecule has 4 nitrogen and oxygen atoms in total. The van der Waals surface area contributed by atoms with Gasteiger partial charge in [0.2, 0.25) is 0 Å². The third-order valence-electron chi connectivity index (χ3n) is 4.51. The second-order valence-electron chi connectivity index (χ2n) is 6.34. The van der Waals surface area contributed by atoms with E-state index in [9.17, 15) is 9.90 Å². The number of likely N-dealkylation sites (tertiary alicyclic amines) is 1. The molecule has 2 fully saturated rings. The fourth-order valence-electron chi connectivity index (χ4n) is 2.99. The van der Waals surface area contributed by atoms with Crippen molar-refractivity contribution in [2.45, 2.75) is 37.8 Å². The molecule has 3 rings (SSSR count). The van der Waals surface area contributed by atoms with Crippen molar-refractivity contribution >= 4 is 5.91 Å². The first kappa shape index (κ1) is 14.5. The monoisotopic (exact) mass is 288 g/mol. The van der Waals surface area contributed by atoms with Gasteiger partial charge in [0.25, 0.3) is 5.91 Å². The Hall–Kier alpha value is -1.39. The standard InChI is InChI=1S/C17H24N2O2/c20-16(14-4-2-1-3-5-14)17(21)18-15-8-10-19(11-9-15)12-13-6-7-13/h1-5,13,15-16,20H,6-12H2,(H,18,21)/t16-/m1/s1. The van der Waals surface area contributed by atoms with Crippen molar-refractivity contribution < 1.29 is 9.90 Å². The maximum Gasteiger partial charge on any atom is 0.253 e. The van der Waals surface area contributed by atoms with E-state index >= 15 is 0 Å². The lowest BCUT2D eigenvalue weighted by Gasteiger charge is -2.32. The lowest BCUT2D eigenvalue weighted by Crippen LogP contribution is -2.46. The number of amides is 1. The molecule has 4 heteroatoms. The molecule has 2 aliphatic rings. The SMILES string of the molecule is O=C(NC1CCN(CC2CC2)CC1)[C@H](O)c1ccccc1. The number of carbonyl (C=O) groups is 1. The van der Waals surface area contributed by atoms with Gasteiger partial charge in [0, 0.05) is 25.7 Å². The van der Waals surface area contributed by atoms with Crippen LogP contribution in [0.25, 0.3) is 0 Å². The molecule has 114 valence electrons. The molecule has 21 heavy (non-hydrogen) atoms. The normalized spacial score (nSPS) is 22.0. The van der Waals surface area contributed by atoms with Gasteiger partial charge >= 0.3 is 0 Å². The van der Waals surface area contributed by atoms with E-state index in [0.29, 0.717) is 5.56 Å². The van der Waals surface area contributed by atoms with Gasteiger partial charge in [-0.05, 0) is 37.2 Å². The van der Waals surface area contributed by atoms with Gasteiger partial charge in [-0.1, -0.05) is 30.3 Å². The van der Waals surface area contributed by atoms with Gasteiger partial charge in [-0.2, -0.15) is 0 Å². The summed E-state index contributed by atoms with van der Waals surface area (Å²) in [5.74, 6) is 0.651. The molecule has 0 bridgehead atoms. The van der Waals surface area contributed by atoms with Gasteiger partial charge in [0.05, 0.1) is 0 Å². The van der Waals surface area contributed by atoms with Crippen molar-refractivity contribution in [1.29, 1.82) is 0 Å². The van der Waals surface area contributed by atoms with Crippen LogP contribution >= 0.6 is 0 Å². The van der Waals surface area contributed by atoms with Crippen molar-refractivity contribution in [2.24, 2.45) is 5.92 Å². The lowest BCUT2D eigenvalue weighted by atomic mass is 10.0. The Balaban J connectivity index is 1.45. The average Bonchev–Trinajstić information content (AvgIpc) is 3.33. The summed E-state index contributed by atoms with van der Waals surface area (Å²) >= 11 is 0. The summed E-state index contributed by atoms with van der Waals surface area (Å²) in [7, 11) is 0. The number of aliphatic hydroxyl groups excluding tert-OH is 1. The maximum absolute atomic E-state index is 12.1. The zero-order valence-electron chi connectivity index (χ0n) is 12.4. The van der Waals surface area contributed by atoms with Gasteiger partial charge in [-0.3, -0.25) is 4.79 Å². The first-order chi connectivity index (χ1) is 10.2. The van der Waals surface area contributed by atoms with E-state index in [0.717, 1.165) is 31.8 Å². The molecule has 1 amide bonds. The molecule has 0 radical (unpaired) electrons. The smallest absolute Gasteiger partial charge is 0.253 e. The first-order valence-electron chi connectivity index (χ1n) is 7.98. The largest absolute Gasteiger partial charge is 0.378 e. The number of piperidine rings is 1. The molecule has 0 aromatic heterocycles. The van der Waals surface area contributed by atoms with Crippen molar-refractivity contribution in [2.75, 3.05) is 19.6 Å². The van der Waals surface area contributed by atoms with E-state index in [1.54, 1.807) is 12.1 Å². The van der Waals surface area contributed by atoms with Gasteiger partial charge in [0.15, 0.2) is 6.10 Å². The molecule has 1 aromatic carbocycles. The van der Waals surface area contributed by atoms with E-state index in [1.807, 2.05) is 18.2 Å². The Labute approximate surface area is 126 Å². The molecule has 1 saturated carbocycles. The number of rotatable bonds is 5. The van der Waals surface area contributed by atoms with Crippen LogP contribution in [0.3, 0.4) is 0 Å². The summed E-state index contributed by atoms with van der Waals surface area (Å²) in [6.07, 6.45) is 3.69. The molecule has 2 N–H and O–H groups in total. The zero-order chi connectivity index (χ0) is 14.7. The molecule has 1 saturated heterocycles. The second kappa shape index (κ2) is 6.58. The molecule has 1 aromatic rings. The zero-order valence-corrected chi connectivity index (χ0v) is 12.4. The topological polar surface area (TPSA) is 52.6 Å². The van der Waals surface area contributed by atoms with Crippen LogP contribution < -0.4 is 5.32 Å². The van der Waals surface area contributed by atoms with Crippen molar-refractivity contribution in [3.05, 3.63) is 35.9 Å². The van der Waals surface area contributed by atoms with Gasteiger partial charge < -0.3 is 15.3 Å². The first-order valence-corrected chi connectivity index (χ1v) is 7.98. The van der Waals surface area contributed by atoms with E-state index < -0.39 is 6.10 Å². The molecule has 0 unspecified atom stereocenters. The Morgan fingerprint density at radius 1 is 1.19 bits per heavy atom. The molecule has 1 atom stereocenters. The summed E-state index contributed by atoms with van der Waals surface area (Å²) < 4.78 is 0. The number of aliphatic hydroxyl groups is 1. The van der Waals surface area contributed by atoms with E-state index in [1.165, 1.54) is 19.4 Å². The molecule has 1 aliphatic heterocycles. The predicted octanol–water partition coefficient (Wildman–Crippen LogP) is 1.71. The summed E-state index contributed by atoms with van der Waals surface area (Å²) in [5.41, 5.74) is 0.654. The molecular weight excluding hydrogens is 264 g/mol.